The van der Waals surface area contributed by atoms with Gasteiger partial charge in [0.2, 0.25) is 0 Å². The SMILES string of the molecule is COc1ccc2c(c1)CCN(C)[C@H]2CC1=CC(O)C(C)(OC)C=C1. The van der Waals surface area contributed by atoms with Gasteiger partial charge in [-0.3, -0.25) is 4.90 Å². The summed E-state index contributed by atoms with van der Waals surface area (Å²) in [4.78, 5) is 2.39. The van der Waals surface area contributed by atoms with E-state index in [-0.39, 0.29) is 0 Å². The molecular weight excluding hydrogens is 302 g/mol. The Morgan fingerprint density at radius 1 is 1.33 bits per heavy atom. The molecule has 3 atom stereocenters. The third kappa shape index (κ3) is 3.14. The summed E-state index contributed by atoms with van der Waals surface area (Å²) < 4.78 is 10.8. The van der Waals surface area contributed by atoms with Gasteiger partial charge in [0.15, 0.2) is 0 Å². The van der Waals surface area contributed by atoms with Gasteiger partial charge in [0, 0.05) is 19.7 Å². The van der Waals surface area contributed by atoms with Crippen LogP contribution in [0.3, 0.4) is 0 Å². The van der Waals surface area contributed by atoms with Crippen molar-refractivity contribution in [2.75, 3.05) is 27.8 Å². The number of benzene rings is 1. The van der Waals surface area contributed by atoms with Gasteiger partial charge in [-0.15, -0.1) is 0 Å². The number of aliphatic hydroxyl groups excluding tert-OH is 1. The maximum Gasteiger partial charge on any atom is 0.119 e. The maximum absolute atomic E-state index is 10.4. The Hall–Kier alpha value is -1.62. The number of hydrogen-bond donors (Lipinski definition) is 1. The summed E-state index contributed by atoms with van der Waals surface area (Å²) in [6.07, 6.45) is 7.27. The number of ether oxygens (including phenoxy) is 2. The maximum atomic E-state index is 10.4. The standard InChI is InChI=1S/C20H27NO3/c1-20(24-4)9-7-14(12-19(20)22)11-18-17-6-5-16(23-3)13-15(17)8-10-21(18)2/h5-7,9,12-13,18-19,22H,8,10-11H2,1-4H3/t18-,19?,20?/m0/s1. The number of allylic oxidation sites excluding steroid dienone is 1. The van der Waals surface area contributed by atoms with Crippen molar-refractivity contribution in [1.82, 2.24) is 4.90 Å². The lowest BCUT2D eigenvalue weighted by atomic mass is 9.84. The van der Waals surface area contributed by atoms with Gasteiger partial charge in [-0.05, 0) is 67.8 Å². The zero-order chi connectivity index (χ0) is 17.3. The second kappa shape index (κ2) is 6.71. The fraction of sp³-hybridized carbons (Fsp3) is 0.500. The molecule has 1 aromatic rings. The van der Waals surface area contributed by atoms with Gasteiger partial charge in [0.25, 0.3) is 0 Å². The van der Waals surface area contributed by atoms with Gasteiger partial charge in [-0.25, -0.2) is 0 Å². The fourth-order valence-electron chi connectivity index (χ4n) is 3.55. The Balaban J connectivity index is 1.84. The molecule has 0 spiro atoms. The predicted molar refractivity (Wildman–Crippen MR) is 95.3 cm³/mol. The van der Waals surface area contributed by atoms with Crippen LogP contribution in [0.15, 0.2) is 42.0 Å². The fourth-order valence-corrected chi connectivity index (χ4v) is 3.55. The first-order valence-corrected chi connectivity index (χ1v) is 8.47. The van der Waals surface area contributed by atoms with Gasteiger partial charge in [-0.2, -0.15) is 0 Å². The molecule has 24 heavy (non-hydrogen) atoms. The lowest BCUT2D eigenvalue weighted by Crippen LogP contribution is -2.40. The minimum atomic E-state index is -0.632. The van der Waals surface area contributed by atoms with Crippen LogP contribution in [-0.2, 0) is 11.2 Å². The van der Waals surface area contributed by atoms with Crippen LogP contribution >= 0.6 is 0 Å². The van der Waals surface area contributed by atoms with E-state index < -0.39 is 11.7 Å². The van der Waals surface area contributed by atoms with Crippen molar-refractivity contribution < 1.29 is 14.6 Å². The molecule has 1 aliphatic carbocycles. The largest absolute Gasteiger partial charge is 0.497 e. The number of likely N-dealkylation sites (N-methyl/N-ethyl adjacent to an activating group) is 1. The minimum absolute atomic E-state index is 0.314. The summed E-state index contributed by atoms with van der Waals surface area (Å²) >= 11 is 0. The van der Waals surface area contributed by atoms with Crippen LogP contribution in [0.25, 0.3) is 0 Å². The molecule has 0 bridgehead atoms. The molecular formula is C20H27NO3. The molecule has 0 aromatic heterocycles. The van der Waals surface area contributed by atoms with E-state index >= 15 is 0 Å². The normalized spacial score (nSPS) is 30.0. The summed E-state index contributed by atoms with van der Waals surface area (Å²) in [7, 11) is 5.51. The molecule has 2 unspecified atom stereocenters. The molecule has 3 rings (SSSR count). The molecule has 4 heteroatoms. The number of rotatable bonds is 4. The highest BCUT2D eigenvalue weighted by atomic mass is 16.5. The van der Waals surface area contributed by atoms with Gasteiger partial charge in [0.1, 0.15) is 17.5 Å². The topological polar surface area (TPSA) is 41.9 Å². The Labute approximate surface area is 144 Å². The first kappa shape index (κ1) is 17.2. The first-order valence-electron chi connectivity index (χ1n) is 8.47. The minimum Gasteiger partial charge on any atom is -0.497 e. The molecule has 4 nitrogen and oxygen atoms in total. The van der Waals surface area contributed by atoms with Crippen LogP contribution in [0.5, 0.6) is 5.75 Å². The molecule has 1 heterocycles. The summed E-state index contributed by atoms with van der Waals surface area (Å²) in [5, 5.41) is 10.4. The molecule has 0 saturated heterocycles. The smallest absolute Gasteiger partial charge is 0.119 e. The van der Waals surface area contributed by atoms with Gasteiger partial charge >= 0.3 is 0 Å². The highest BCUT2D eigenvalue weighted by Crippen LogP contribution is 2.37. The van der Waals surface area contributed by atoms with Crippen LogP contribution in [0.2, 0.25) is 0 Å². The number of fused-ring (bicyclic) bond motifs is 1. The Bertz CT molecular complexity index is 667. The average Bonchev–Trinajstić information content (AvgIpc) is 2.60. The first-order chi connectivity index (χ1) is 11.5. The highest BCUT2D eigenvalue weighted by Gasteiger charge is 2.33. The molecule has 0 radical (unpaired) electrons. The van der Waals surface area contributed by atoms with E-state index in [4.69, 9.17) is 9.47 Å². The summed E-state index contributed by atoms with van der Waals surface area (Å²) in [5.41, 5.74) is 3.24. The molecule has 0 fully saturated rings. The van der Waals surface area contributed by atoms with Crippen molar-refractivity contribution in [3.63, 3.8) is 0 Å². The number of hydrogen-bond acceptors (Lipinski definition) is 4. The Kier molecular flexibility index (Phi) is 4.81. The van der Waals surface area contributed by atoms with Gasteiger partial charge in [0.05, 0.1) is 7.11 Å². The van der Waals surface area contributed by atoms with E-state index in [2.05, 4.69) is 30.2 Å². The molecule has 1 aliphatic heterocycles. The molecule has 1 N–H and O–H groups in total. The number of nitrogens with zero attached hydrogens (tertiary/aromatic N) is 1. The van der Waals surface area contributed by atoms with Crippen molar-refractivity contribution in [3.8, 4) is 5.75 Å². The van der Waals surface area contributed by atoms with E-state index in [0.29, 0.717) is 6.04 Å². The monoisotopic (exact) mass is 329 g/mol. The van der Waals surface area contributed by atoms with Crippen molar-refractivity contribution >= 4 is 0 Å². The average molecular weight is 329 g/mol. The van der Waals surface area contributed by atoms with Crippen LogP contribution in [-0.4, -0.2) is 49.5 Å². The van der Waals surface area contributed by atoms with E-state index in [9.17, 15) is 5.11 Å². The Morgan fingerprint density at radius 2 is 2.12 bits per heavy atom. The summed E-state index contributed by atoms with van der Waals surface area (Å²) in [6, 6.07) is 6.68. The summed E-state index contributed by atoms with van der Waals surface area (Å²) in [5.74, 6) is 0.917. The molecule has 0 saturated carbocycles. The van der Waals surface area contributed by atoms with Crippen LogP contribution in [0, 0.1) is 0 Å². The number of aliphatic hydroxyl groups is 1. The van der Waals surface area contributed by atoms with Crippen LogP contribution in [0.4, 0.5) is 0 Å². The van der Waals surface area contributed by atoms with E-state index in [1.54, 1.807) is 14.2 Å². The van der Waals surface area contributed by atoms with E-state index in [1.165, 1.54) is 11.1 Å². The van der Waals surface area contributed by atoms with Crippen molar-refractivity contribution in [2.24, 2.45) is 0 Å². The second-order valence-electron chi connectivity index (χ2n) is 6.92. The van der Waals surface area contributed by atoms with Crippen molar-refractivity contribution in [2.45, 2.75) is 37.5 Å². The molecule has 1 aromatic carbocycles. The Morgan fingerprint density at radius 3 is 2.79 bits per heavy atom. The predicted octanol–water partition coefficient (Wildman–Crippen LogP) is 2.88. The highest BCUT2D eigenvalue weighted by molar-refractivity contribution is 5.41. The lowest BCUT2D eigenvalue weighted by Gasteiger charge is -2.37. The van der Waals surface area contributed by atoms with Crippen LogP contribution < -0.4 is 4.74 Å². The van der Waals surface area contributed by atoms with Gasteiger partial charge in [-0.1, -0.05) is 12.1 Å². The summed E-state index contributed by atoms with van der Waals surface area (Å²) in [6.45, 7) is 2.93. The van der Waals surface area contributed by atoms with Crippen molar-refractivity contribution in [3.05, 3.63) is 53.1 Å². The zero-order valence-electron chi connectivity index (χ0n) is 15.0. The number of methoxy groups -OCH3 is 2. The lowest BCUT2D eigenvalue weighted by molar-refractivity contribution is -0.0363. The van der Waals surface area contributed by atoms with Crippen LogP contribution in [0.1, 0.15) is 30.5 Å². The molecule has 130 valence electrons. The van der Waals surface area contributed by atoms with Crippen molar-refractivity contribution in [1.29, 1.82) is 0 Å². The third-order valence-electron chi connectivity index (χ3n) is 5.43. The second-order valence-corrected chi connectivity index (χ2v) is 6.92. The molecule has 2 aliphatic rings. The van der Waals surface area contributed by atoms with E-state index in [0.717, 1.165) is 30.7 Å². The molecule has 0 amide bonds. The van der Waals surface area contributed by atoms with E-state index in [1.807, 2.05) is 25.1 Å². The zero-order valence-corrected chi connectivity index (χ0v) is 15.0. The van der Waals surface area contributed by atoms with Gasteiger partial charge < -0.3 is 14.6 Å². The quantitative estimate of drug-likeness (QED) is 0.922. The third-order valence-corrected chi connectivity index (χ3v) is 5.43.